The number of aliphatic carboxylic acids is 1. The lowest BCUT2D eigenvalue weighted by Gasteiger charge is -2.25. The minimum atomic E-state index is -1.42. The molecule has 0 saturated heterocycles. The number of carboxylic acid groups (broad SMARTS) is 1. The van der Waals surface area contributed by atoms with Gasteiger partial charge in [0, 0.05) is 5.41 Å². The van der Waals surface area contributed by atoms with Crippen molar-refractivity contribution in [1.82, 2.24) is 0 Å². The van der Waals surface area contributed by atoms with Gasteiger partial charge >= 0.3 is 5.97 Å². The van der Waals surface area contributed by atoms with Crippen LogP contribution in [0.25, 0.3) is 0 Å². The van der Waals surface area contributed by atoms with Crippen LogP contribution in [0.2, 0.25) is 0 Å². The number of aliphatic hydroxyl groups is 1. The van der Waals surface area contributed by atoms with E-state index in [2.05, 4.69) is 17.1 Å². The van der Waals surface area contributed by atoms with E-state index in [1.165, 1.54) is 0 Å². The Kier molecular flexibility index (Phi) is 3.85. The number of carbonyl (C=O) groups is 1. The van der Waals surface area contributed by atoms with E-state index >= 15 is 0 Å². The minimum Gasteiger partial charge on any atom is -0.479 e. The highest BCUT2D eigenvalue weighted by Gasteiger charge is 2.33. The minimum absolute atomic E-state index is 0.0869. The van der Waals surface area contributed by atoms with Crippen molar-refractivity contribution in [2.24, 2.45) is 5.41 Å². The molecule has 0 aromatic carbocycles. The summed E-state index contributed by atoms with van der Waals surface area (Å²) in [5.74, 6) is -1.25. The van der Waals surface area contributed by atoms with E-state index in [0.717, 1.165) is 0 Å². The number of hydrogen-bond acceptors (Lipinski definition) is 4. The standard InChI is InChI=1S/C6H12O4S/c1-6(2,3-10-11)4(7)5(8)9/h4,7,11H,3H2,1-2H3,(H,8,9)/t4-/m0/s1. The molecular weight excluding hydrogens is 168 g/mol. The molecule has 0 saturated carbocycles. The second-order valence-corrected chi connectivity index (χ2v) is 3.26. The Labute approximate surface area is 70.8 Å². The molecule has 0 aliphatic carbocycles. The molecule has 0 fully saturated rings. The SMILES string of the molecule is CC(C)(COS)[C@@H](O)C(=O)O. The van der Waals surface area contributed by atoms with E-state index < -0.39 is 17.5 Å². The smallest absolute Gasteiger partial charge is 0.333 e. The molecule has 66 valence electrons. The molecule has 5 heteroatoms. The van der Waals surface area contributed by atoms with Crippen LogP contribution in [0.5, 0.6) is 0 Å². The van der Waals surface area contributed by atoms with E-state index in [1.807, 2.05) is 0 Å². The third kappa shape index (κ3) is 3.09. The summed E-state index contributed by atoms with van der Waals surface area (Å²) in [5, 5.41) is 17.5. The van der Waals surface area contributed by atoms with Gasteiger partial charge in [-0.2, -0.15) is 0 Å². The van der Waals surface area contributed by atoms with Gasteiger partial charge in [0.05, 0.1) is 6.61 Å². The Morgan fingerprint density at radius 3 is 2.45 bits per heavy atom. The molecule has 0 bridgehead atoms. The van der Waals surface area contributed by atoms with Gasteiger partial charge in [-0.1, -0.05) is 13.8 Å². The largest absolute Gasteiger partial charge is 0.479 e. The van der Waals surface area contributed by atoms with Crippen LogP contribution in [0.15, 0.2) is 0 Å². The zero-order valence-electron chi connectivity index (χ0n) is 6.44. The molecule has 11 heavy (non-hydrogen) atoms. The van der Waals surface area contributed by atoms with E-state index in [-0.39, 0.29) is 6.61 Å². The molecule has 2 N–H and O–H groups in total. The van der Waals surface area contributed by atoms with E-state index in [1.54, 1.807) is 13.8 Å². The first-order chi connectivity index (χ1) is 4.91. The Morgan fingerprint density at radius 1 is 1.73 bits per heavy atom. The maximum Gasteiger partial charge on any atom is 0.333 e. The van der Waals surface area contributed by atoms with Crippen LogP contribution in [0.4, 0.5) is 0 Å². The normalized spacial score (nSPS) is 14.5. The zero-order valence-corrected chi connectivity index (χ0v) is 7.34. The molecule has 0 aromatic rings. The van der Waals surface area contributed by atoms with Gasteiger partial charge in [-0.25, -0.2) is 4.79 Å². The third-order valence-corrected chi connectivity index (χ3v) is 1.54. The topological polar surface area (TPSA) is 66.8 Å². The van der Waals surface area contributed by atoms with Crippen LogP contribution in [0.3, 0.4) is 0 Å². The van der Waals surface area contributed by atoms with Crippen molar-refractivity contribution in [2.45, 2.75) is 20.0 Å². The summed E-state index contributed by atoms with van der Waals surface area (Å²) in [6, 6.07) is 0. The fraction of sp³-hybridized carbons (Fsp3) is 0.833. The fourth-order valence-corrected chi connectivity index (χ4v) is 0.912. The third-order valence-electron chi connectivity index (χ3n) is 1.41. The van der Waals surface area contributed by atoms with Crippen LogP contribution in [-0.2, 0) is 8.98 Å². The van der Waals surface area contributed by atoms with Gasteiger partial charge in [-0.05, 0) is 12.9 Å². The Morgan fingerprint density at radius 2 is 2.18 bits per heavy atom. The highest BCUT2D eigenvalue weighted by atomic mass is 32.1. The van der Waals surface area contributed by atoms with Crippen molar-refractivity contribution < 1.29 is 19.2 Å². The Balaban J connectivity index is 4.16. The van der Waals surface area contributed by atoms with Crippen LogP contribution < -0.4 is 0 Å². The van der Waals surface area contributed by atoms with Crippen molar-refractivity contribution in [3.05, 3.63) is 0 Å². The number of thiol groups is 1. The molecule has 0 unspecified atom stereocenters. The maximum absolute atomic E-state index is 10.3. The molecule has 0 radical (unpaired) electrons. The second kappa shape index (κ2) is 3.94. The molecular formula is C6H12O4S. The van der Waals surface area contributed by atoms with Gasteiger partial charge in [0.15, 0.2) is 6.10 Å². The summed E-state index contributed by atoms with van der Waals surface area (Å²) in [6.45, 7) is 3.26. The van der Waals surface area contributed by atoms with Gasteiger partial charge in [0.25, 0.3) is 0 Å². The van der Waals surface area contributed by atoms with Crippen molar-refractivity contribution in [2.75, 3.05) is 6.61 Å². The molecule has 0 aromatic heterocycles. The average molecular weight is 180 g/mol. The van der Waals surface area contributed by atoms with Gasteiger partial charge in [0.2, 0.25) is 0 Å². The summed E-state index contributed by atoms with van der Waals surface area (Å²) in [7, 11) is 0. The molecule has 0 aliphatic rings. The van der Waals surface area contributed by atoms with Crippen LogP contribution >= 0.6 is 12.9 Å². The predicted molar refractivity (Wildman–Crippen MR) is 42.4 cm³/mol. The van der Waals surface area contributed by atoms with Gasteiger partial charge in [0.1, 0.15) is 0 Å². The first-order valence-electron chi connectivity index (χ1n) is 3.09. The molecule has 0 heterocycles. The lowest BCUT2D eigenvalue weighted by molar-refractivity contribution is -0.154. The van der Waals surface area contributed by atoms with E-state index in [0.29, 0.717) is 0 Å². The van der Waals surface area contributed by atoms with Gasteiger partial charge in [-0.15, -0.1) is 0 Å². The quantitative estimate of drug-likeness (QED) is 0.430. The summed E-state index contributed by atoms with van der Waals surface area (Å²) >= 11 is 3.47. The Hall–Kier alpha value is -0.260. The van der Waals surface area contributed by atoms with Gasteiger partial charge in [-0.3, -0.25) is 0 Å². The highest BCUT2D eigenvalue weighted by Crippen LogP contribution is 2.21. The average Bonchev–Trinajstić information content (AvgIpc) is 1.86. The van der Waals surface area contributed by atoms with Gasteiger partial charge < -0.3 is 14.4 Å². The number of rotatable bonds is 4. The number of carboxylic acids is 1. The zero-order chi connectivity index (χ0) is 9.07. The fourth-order valence-electron chi connectivity index (χ4n) is 0.580. The van der Waals surface area contributed by atoms with Crippen LogP contribution in [-0.4, -0.2) is 28.9 Å². The predicted octanol–water partition coefficient (Wildman–Crippen LogP) is 0.319. The number of hydrogen-bond donors (Lipinski definition) is 3. The molecule has 1 atom stereocenters. The molecule has 0 aliphatic heterocycles. The van der Waals surface area contributed by atoms with Crippen LogP contribution in [0, 0.1) is 5.41 Å². The highest BCUT2D eigenvalue weighted by molar-refractivity contribution is 7.75. The van der Waals surface area contributed by atoms with Crippen molar-refractivity contribution in [3.63, 3.8) is 0 Å². The maximum atomic E-state index is 10.3. The second-order valence-electron chi connectivity index (χ2n) is 3.00. The summed E-state index contributed by atoms with van der Waals surface area (Å²) in [6.07, 6.45) is -1.42. The monoisotopic (exact) mass is 180 g/mol. The van der Waals surface area contributed by atoms with Crippen LogP contribution in [0.1, 0.15) is 13.8 Å². The summed E-state index contributed by atoms with van der Waals surface area (Å²) in [4.78, 5) is 10.3. The first kappa shape index (κ1) is 10.7. The lowest BCUT2D eigenvalue weighted by atomic mass is 9.88. The van der Waals surface area contributed by atoms with Crippen molar-refractivity contribution in [1.29, 1.82) is 0 Å². The lowest BCUT2D eigenvalue weighted by Crippen LogP contribution is -2.39. The van der Waals surface area contributed by atoms with Crippen molar-refractivity contribution >= 4 is 18.9 Å². The summed E-state index contributed by atoms with van der Waals surface area (Å²) < 4.78 is 4.45. The first-order valence-corrected chi connectivity index (χ1v) is 3.45. The number of aliphatic hydroxyl groups excluding tert-OH is 1. The molecule has 0 spiro atoms. The molecule has 0 amide bonds. The van der Waals surface area contributed by atoms with Crippen molar-refractivity contribution in [3.8, 4) is 0 Å². The summed E-state index contributed by atoms with van der Waals surface area (Å²) in [5.41, 5.74) is -0.812. The Bertz CT molecular complexity index is 146. The molecule has 0 rings (SSSR count). The van der Waals surface area contributed by atoms with E-state index in [9.17, 15) is 4.79 Å². The van der Waals surface area contributed by atoms with E-state index in [4.69, 9.17) is 10.2 Å². The molecule has 4 nitrogen and oxygen atoms in total.